The minimum Gasteiger partial charge on any atom is -0.295 e. The molecule has 0 aliphatic rings. The van der Waals surface area contributed by atoms with Crippen molar-refractivity contribution in [3.8, 4) is 16.8 Å². The predicted octanol–water partition coefficient (Wildman–Crippen LogP) is 5.67. The van der Waals surface area contributed by atoms with Gasteiger partial charge in [0.05, 0.1) is 21.4 Å². The van der Waals surface area contributed by atoms with Gasteiger partial charge in [-0.3, -0.25) is 4.79 Å². The molecule has 122 valence electrons. The van der Waals surface area contributed by atoms with Gasteiger partial charge in [0.1, 0.15) is 0 Å². The Labute approximate surface area is 150 Å². The summed E-state index contributed by atoms with van der Waals surface area (Å²) in [6.07, 6.45) is 0. The van der Waals surface area contributed by atoms with Gasteiger partial charge in [0.25, 0.3) is 0 Å². The van der Waals surface area contributed by atoms with Crippen molar-refractivity contribution in [3.63, 3.8) is 0 Å². The summed E-state index contributed by atoms with van der Waals surface area (Å²) in [5.41, 5.74) is 5.51. The standard InChI is InChI=1S/C19H16Cl2N2O/c1-11-19(15-6-9-17(20)18(21)10-15)12(2)23(22-11)16-7-4-14(5-8-16)13(3)24/h4-10H,1-3H3. The van der Waals surface area contributed by atoms with E-state index in [2.05, 4.69) is 5.10 Å². The van der Waals surface area contributed by atoms with Gasteiger partial charge in [-0.15, -0.1) is 0 Å². The number of carbonyl (C=O) groups is 1. The molecule has 1 heterocycles. The molecule has 0 aliphatic carbocycles. The summed E-state index contributed by atoms with van der Waals surface area (Å²) in [6, 6.07) is 13.0. The average Bonchev–Trinajstić information content (AvgIpc) is 2.85. The van der Waals surface area contributed by atoms with Crippen molar-refractivity contribution < 1.29 is 4.79 Å². The van der Waals surface area contributed by atoms with Crippen LogP contribution in [0.15, 0.2) is 42.5 Å². The van der Waals surface area contributed by atoms with Gasteiger partial charge in [-0.1, -0.05) is 29.3 Å². The zero-order chi connectivity index (χ0) is 17.4. The Morgan fingerprint density at radius 3 is 2.25 bits per heavy atom. The van der Waals surface area contributed by atoms with E-state index in [-0.39, 0.29) is 5.78 Å². The van der Waals surface area contributed by atoms with Crippen molar-refractivity contribution in [2.24, 2.45) is 0 Å². The van der Waals surface area contributed by atoms with E-state index in [4.69, 9.17) is 23.2 Å². The predicted molar refractivity (Wildman–Crippen MR) is 98.5 cm³/mol. The molecule has 24 heavy (non-hydrogen) atoms. The summed E-state index contributed by atoms with van der Waals surface area (Å²) in [5, 5.41) is 5.69. The molecule has 0 bridgehead atoms. The fraction of sp³-hybridized carbons (Fsp3) is 0.158. The summed E-state index contributed by atoms with van der Waals surface area (Å²) in [4.78, 5) is 11.4. The number of halogens is 2. The first-order chi connectivity index (χ1) is 11.4. The molecule has 0 spiro atoms. The van der Waals surface area contributed by atoms with Gasteiger partial charge < -0.3 is 0 Å². The Balaban J connectivity index is 2.09. The van der Waals surface area contributed by atoms with Crippen LogP contribution in [0.3, 0.4) is 0 Å². The van der Waals surface area contributed by atoms with E-state index in [0.29, 0.717) is 15.6 Å². The molecule has 0 saturated carbocycles. The molecule has 2 aromatic carbocycles. The van der Waals surface area contributed by atoms with Gasteiger partial charge in [-0.05, 0) is 62.7 Å². The number of aromatic nitrogens is 2. The van der Waals surface area contributed by atoms with Gasteiger partial charge in [-0.2, -0.15) is 5.10 Å². The van der Waals surface area contributed by atoms with Crippen LogP contribution in [0.2, 0.25) is 10.0 Å². The van der Waals surface area contributed by atoms with Gasteiger partial charge in [0.15, 0.2) is 5.78 Å². The van der Waals surface area contributed by atoms with E-state index in [0.717, 1.165) is 28.2 Å². The monoisotopic (exact) mass is 358 g/mol. The lowest BCUT2D eigenvalue weighted by Crippen LogP contribution is -2.00. The summed E-state index contributed by atoms with van der Waals surface area (Å²) in [7, 11) is 0. The Kier molecular flexibility index (Phi) is 4.48. The van der Waals surface area contributed by atoms with Crippen LogP contribution in [0.5, 0.6) is 0 Å². The van der Waals surface area contributed by atoms with Crippen molar-refractivity contribution in [2.75, 3.05) is 0 Å². The number of ketones is 1. The van der Waals surface area contributed by atoms with E-state index in [1.165, 1.54) is 0 Å². The summed E-state index contributed by atoms with van der Waals surface area (Å²) < 4.78 is 1.87. The van der Waals surface area contributed by atoms with Crippen LogP contribution >= 0.6 is 23.2 Å². The molecule has 0 radical (unpaired) electrons. The van der Waals surface area contributed by atoms with E-state index in [9.17, 15) is 4.79 Å². The van der Waals surface area contributed by atoms with E-state index in [1.54, 1.807) is 13.0 Å². The molecule has 3 rings (SSSR count). The molecular weight excluding hydrogens is 343 g/mol. The van der Waals surface area contributed by atoms with Crippen LogP contribution < -0.4 is 0 Å². The number of nitrogens with zero attached hydrogens (tertiary/aromatic N) is 2. The first-order valence-corrected chi connectivity index (χ1v) is 8.27. The molecule has 3 aromatic rings. The number of carbonyl (C=O) groups excluding carboxylic acids is 1. The zero-order valence-electron chi connectivity index (χ0n) is 13.6. The second kappa shape index (κ2) is 6.42. The zero-order valence-corrected chi connectivity index (χ0v) is 15.1. The second-order valence-corrected chi connectivity index (χ2v) is 6.50. The Morgan fingerprint density at radius 1 is 1.00 bits per heavy atom. The number of hydrogen-bond acceptors (Lipinski definition) is 2. The van der Waals surface area contributed by atoms with Crippen molar-refractivity contribution in [1.82, 2.24) is 9.78 Å². The third-order valence-electron chi connectivity index (χ3n) is 4.02. The third-order valence-corrected chi connectivity index (χ3v) is 4.76. The Bertz CT molecular complexity index is 927. The van der Waals surface area contributed by atoms with Gasteiger partial charge in [0.2, 0.25) is 0 Å². The van der Waals surface area contributed by atoms with E-state index in [1.807, 2.05) is 54.9 Å². The lowest BCUT2D eigenvalue weighted by molar-refractivity contribution is 0.101. The Hall–Kier alpha value is -2.10. The lowest BCUT2D eigenvalue weighted by Gasteiger charge is -2.07. The molecule has 0 aliphatic heterocycles. The average molecular weight is 359 g/mol. The SMILES string of the molecule is CC(=O)c1ccc(-n2nc(C)c(-c3ccc(Cl)c(Cl)c3)c2C)cc1. The molecule has 0 saturated heterocycles. The van der Waals surface area contributed by atoms with Crippen LogP contribution in [0.25, 0.3) is 16.8 Å². The molecular formula is C19H16Cl2N2O. The normalized spacial score (nSPS) is 10.9. The summed E-state index contributed by atoms with van der Waals surface area (Å²) in [6.45, 7) is 5.53. The van der Waals surface area contributed by atoms with Crippen LogP contribution in [-0.2, 0) is 0 Å². The van der Waals surface area contributed by atoms with E-state index >= 15 is 0 Å². The Morgan fingerprint density at radius 2 is 1.67 bits per heavy atom. The summed E-state index contributed by atoms with van der Waals surface area (Å²) in [5.74, 6) is 0.0476. The van der Waals surface area contributed by atoms with Crippen molar-refractivity contribution in [2.45, 2.75) is 20.8 Å². The van der Waals surface area contributed by atoms with Gasteiger partial charge in [0, 0.05) is 16.8 Å². The number of hydrogen-bond donors (Lipinski definition) is 0. The fourth-order valence-corrected chi connectivity index (χ4v) is 3.10. The topological polar surface area (TPSA) is 34.9 Å². The number of Topliss-reactive ketones (excluding diaryl/α,β-unsaturated/α-hetero) is 1. The molecule has 1 aromatic heterocycles. The molecule has 0 fully saturated rings. The lowest BCUT2D eigenvalue weighted by atomic mass is 10.0. The molecule has 0 atom stereocenters. The maximum atomic E-state index is 11.4. The minimum atomic E-state index is 0.0476. The molecule has 3 nitrogen and oxygen atoms in total. The van der Waals surface area contributed by atoms with Crippen LogP contribution in [0, 0.1) is 13.8 Å². The smallest absolute Gasteiger partial charge is 0.159 e. The first-order valence-electron chi connectivity index (χ1n) is 7.51. The third kappa shape index (κ3) is 2.97. The fourth-order valence-electron chi connectivity index (χ4n) is 2.80. The van der Waals surface area contributed by atoms with Gasteiger partial charge >= 0.3 is 0 Å². The van der Waals surface area contributed by atoms with Crippen molar-refractivity contribution in [3.05, 3.63) is 69.5 Å². The highest BCUT2D eigenvalue weighted by atomic mass is 35.5. The highest BCUT2D eigenvalue weighted by Crippen LogP contribution is 2.33. The molecule has 0 amide bonds. The maximum absolute atomic E-state index is 11.4. The van der Waals surface area contributed by atoms with Gasteiger partial charge in [-0.25, -0.2) is 4.68 Å². The minimum absolute atomic E-state index is 0.0476. The molecule has 0 N–H and O–H groups in total. The molecule has 5 heteroatoms. The number of rotatable bonds is 3. The van der Waals surface area contributed by atoms with Crippen LogP contribution in [-0.4, -0.2) is 15.6 Å². The maximum Gasteiger partial charge on any atom is 0.159 e. The van der Waals surface area contributed by atoms with Crippen LogP contribution in [0.1, 0.15) is 28.7 Å². The quantitative estimate of drug-likeness (QED) is 0.565. The summed E-state index contributed by atoms with van der Waals surface area (Å²) >= 11 is 12.2. The second-order valence-electron chi connectivity index (χ2n) is 5.69. The van der Waals surface area contributed by atoms with E-state index < -0.39 is 0 Å². The largest absolute Gasteiger partial charge is 0.295 e. The number of benzene rings is 2. The number of aryl methyl sites for hydroxylation is 1. The van der Waals surface area contributed by atoms with Crippen molar-refractivity contribution >= 4 is 29.0 Å². The van der Waals surface area contributed by atoms with Crippen molar-refractivity contribution in [1.29, 1.82) is 0 Å². The highest BCUT2D eigenvalue weighted by Gasteiger charge is 2.15. The highest BCUT2D eigenvalue weighted by molar-refractivity contribution is 6.42. The first kappa shape index (κ1) is 16.7. The van der Waals surface area contributed by atoms with Crippen LogP contribution in [0.4, 0.5) is 0 Å². The molecule has 0 unspecified atom stereocenters.